The topological polar surface area (TPSA) is 39.2 Å². The summed E-state index contributed by atoms with van der Waals surface area (Å²) < 4.78 is 5.22. The maximum Gasteiger partial charge on any atom is 0.196 e. The number of ketones is 1. The molecular formula is C19H16ClNO2. The summed E-state index contributed by atoms with van der Waals surface area (Å²) in [5.41, 5.74) is 3.96. The fourth-order valence-corrected chi connectivity index (χ4v) is 2.75. The van der Waals surface area contributed by atoms with Crippen molar-refractivity contribution in [2.75, 3.05) is 7.11 Å². The molecule has 0 aliphatic heterocycles. The molecule has 3 rings (SSSR count). The van der Waals surface area contributed by atoms with E-state index in [9.17, 15) is 4.79 Å². The Morgan fingerprint density at radius 3 is 2.57 bits per heavy atom. The molecular weight excluding hydrogens is 310 g/mol. The summed E-state index contributed by atoms with van der Waals surface area (Å²) >= 11 is 6.47. The van der Waals surface area contributed by atoms with Gasteiger partial charge in [0.15, 0.2) is 5.78 Å². The number of methoxy groups -OCH3 is 1. The third-order valence-corrected chi connectivity index (χ3v) is 4.43. The van der Waals surface area contributed by atoms with Gasteiger partial charge in [0.25, 0.3) is 0 Å². The minimum absolute atomic E-state index is 0.129. The molecule has 0 N–H and O–H groups in total. The van der Waals surface area contributed by atoms with E-state index in [1.807, 2.05) is 44.2 Å². The van der Waals surface area contributed by atoms with Crippen molar-refractivity contribution in [2.45, 2.75) is 13.8 Å². The highest BCUT2D eigenvalue weighted by molar-refractivity contribution is 6.39. The zero-order chi connectivity index (χ0) is 16.6. The fraction of sp³-hybridized carbons (Fsp3) is 0.158. The molecule has 1 heterocycles. The van der Waals surface area contributed by atoms with Crippen LogP contribution < -0.4 is 4.74 Å². The molecule has 2 aromatic carbocycles. The van der Waals surface area contributed by atoms with Crippen LogP contribution in [0.25, 0.3) is 10.9 Å². The summed E-state index contributed by atoms with van der Waals surface area (Å²) in [6.07, 6.45) is 1.54. The lowest BCUT2D eigenvalue weighted by molar-refractivity contribution is 0.103. The van der Waals surface area contributed by atoms with Gasteiger partial charge in [-0.1, -0.05) is 23.7 Å². The number of carbonyl (C=O) groups is 1. The maximum atomic E-state index is 12.8. The molecule has 0 amide bonds. The van der Waals surface area contributed by atoms with E-state index in [0.29, 0.717) is 27.3 Å². The number of rotatable bonds is 3. The largest absolute Gasteiger partial charge is 0.497 e. The van der Waals surface area contributed by atoms with Gasteiger partial charge in [0.2, 0.25) is 0 Å². The number of pyridine rings is 1. The summed E-state index contributed by atoms with van der Waals surface area (Å²) in [6, 6.07) is 11.1. The first kappa shape index (κ1) is 15.5. The van der Waals surface area contributed by atoms with Gasteiger partial charge in [-0.3, -0.25) is 9.78 Å². The van der Waals surface area contributed by atoms with Crippen LogP contribution in [0.2, 0.25) is 5.02 Å². The summed E-state index contributed by atoms with van der Waals surface area (Å²) in [6.45, 7) is 4.00. The lowest BCUT2D eigenvalue weighted by Crippen LogP contribution is -2.04. The quantitative estimate of drug-likeness (QED) is 0.653. The number of ether oxygens (including phenoxy) is 1. The summed E-state index contributed by atoms with van der Waals surface area (Å²) in [4.78, 5) is 17.1. The van der Waals surface area contributed by atoms with E-state index in [2.05, 4.69) is 4.98 Å². The Morgan fingerprint density at radius 1 is 1.09 bits per heavy atom. The van der Waals surface area contributed by atoms with Gasteiger partial charge in [0.05, 0.1) is 23.2 Å². The van der Waals surface area contributed by atoms with Crippen LogP contribution in [0.3, 0.4) is 0 Å². The average Bonchev–Trinajstić information content (AvgIpc) is 2.57. The van der Waals surface area contributed by atoms with E-state index in [4.69, 9.17) is 16.3 Å². The Kier molecular flexibility index (Phi) is 4.05. The Labute approximate surface area is 139 Å². The molecule has 0 saturated carbocycles. The minimum Gasteiger partial charge on any atom is -0.497 e. The van der Waals surface area contributed by atoms with Gasteiger partial charge in [-0.2, -0.15) is 0 Å². The van der Waals surface area contributed by atoms with Crippen molar-refractivity contribution in [3.63, 3.8) is 0 Å². The lowest BCUT2D eigenvalue weighted by Gasteiger charge is -2.09. The Hall–Kier alpha value is -2.39. The highest BCUT2D eigenvalue weighted by atomic mass is 35.5. The van der Waals surface area contributed by atoms with Gasteiger partial charge < -0.3 is 4.74 Å². The molecule has 0 aliphatic carbocycles. The summed E-state index contributed by atoms with van der Waals surface area (Å²) in [5.74, 6) is 0.548. The summed E-state index contributed by atoms with van der Waals surface area (Å²) in [5, 5.41) is 1.11. The number of hydrogen-bond donors (Lipinski definition) is 0. The molecule has 0 bridgehead atoms. The number of nitrogens with zero attached hydrogens (tertiary/aromatic N) is 1. The molecule has 3 aromatic rings. The van der Waals surface area contributed by atoms with Crippen LogP contribution in [0.4, 0.5) is 0 Å². The first-order valence-electron chi connectivity index (χ1n) is 7.25. The van der Waals surface area contributed by atoms with Gasteiger partial charge in [-0.15, -0.1) is 0 Å². The lowest BCUT2D eigenvalue weighted by atomic mass is 9.99. The third-order valence-electron chi connectivity index (χ3n) is 4.02. The zero-order valence-electron chi connectivity index (χ0n) is 13.2. The van der Waals surface area contributed by atoms with Crippen LogP contribution in [0.1, 0.15) is 27.0 Å². The van der Waals surface area contributed by atoms with Crippen LogP contribution in [-0.4, -0.2) is 17.9 Å². The SMILES string of the molecule is COc1ccc2ncc(C(=O)c3ccc(C)c(C)c3)c(Cl)c2c1. The third kappa shape index (κ3) is 2.80. The number of aryl methyl sites for hydroxylation is 2. The number of benzene rings is 2. The smallest absolute Gasteiger partial charge is 0.196 e. The molecule has 0 aliphatic rings. The average molecular weight is 326 g/mol. The van der Waals surface area contributed by atoms with Gasteiger partial charge >= 0.3 is 0 Å². The number of hydrogen-bond acceptors (Lipinski definition) is 3. The van der Waals surface area contributed by atoms with E-state index in [0.717, 1.165) is 16.6 Å². The van der Waals surface area contributed by atoms with Crippen LogP contribution in [0.15, 0.2) is 42.6 Å². The second-order valence-electron chi connectivity index (χ2n) is 5.50. The fourth-order valence-electron chi connectivity index (χ4n) is 2.46. The molecule has 0 spiro atoms. The first-order chi connectivity index (χ1) is 11.0. The Bertz CT molecular complexity index is 919. The molecule has 0 radical (unpaired) electrons. The van der Waals surface area contributed by atoms with Gasteiger partial charge in [0.1, 0.15) is 5.75 Å². The highest BCUT2D eigenvalue weighted by Gasteiger charge is 2.16. The molecule has 3 nitrogen and oxygen atoms in total. The van der Waals surface area contributed by atoms with Crippen molar-refractivity contribution in [3.05, 3.63) is 69.9 Å². The van der Waals surface area contributed by atoms with E-state index < -0.39 is 0 Å². The molecule has 0 atom stereocenters. The van der Waals surface area contributed by atoms with Crippen molar-refractivity contribution in [2.24, 2.45) is 0 Å². The number of aromatic nitrogens is 1. The normalized spacial score (nSPS) is 10.8. The van der Waals surface area contributed by atoms with Gasteiger partial charge in [0, 0.05) is 17.1 Å². The van der Waals surface area contributed by atoms with E-state index in [1.165, 1.54) is 6.20 Å². The van der Waals surface area contributed by atoms with E-state index in [-0.39, 0.29) is 5.78 Å². The second-order valence-corrected chi connectivity index (χ2v) is 5.88. The van der Waals surface area contributed by atoms with Crippen LogP contribution in [0.5, 0.6) is 5.75 Å². The minimum atomic E-state index is -0.129. The molecule has 23 heavy (non-hydrogen) atoms. The molecule has 4 heteroatoms. The van der Waals surface area contributed by atoms with Crippen LogP contribution in [-0.2, 0) is 0 Å². The van der Waals surface area contributed by atoms with E-state index in [1.54, 1.807) is 13.2 Å². The van der Waals surface area contributed by atoms with Crippen molar-refractivity contribution in [1.29, 1.82) is 0 Å². The molecule has 0 saturated heterocycles. The predicted octanol–water partition coefficient (Wildman–Crippen LogP) is 4.74. The van der Waals surface area contributed by atoms with Crippen molar-refractivity contribution >= 4 is 28.3 Å². The molecule has 0 unspecified atom stereocenters. The van der Waals surface area contributed by atoms with Crippen molar-refractivity contribution in [3.8, 4) is 5.75 Å². The van der Waals surface area contributed by atoms with Crippen molar-refractivity contribution in [1.82, 2.24) is 4.98 Å². The second kappa shape index (κ2) is 6.01. The summed E-state index contributed by atoms with van der Waals surface area (Å²) in [7, 11) is 1.59. The molecule has 1 aromatic heterocycles. The molecule has 0 fully saturated rings. The van der Waals surface area contributed by atoms with Gasteiger partial charge in [-0.05, 0) is 49.2 Å². The highest BCUT2D eigenvalue weighted by Crippen LogP contribution is 2.30. The number of fused-ring (bicyclic) bond motifs is 1. The molecule has 116 valence electrons. The van der Waals surface area contributed by atoms with Crippen LogP contribution >= 0.6 is 11.6 Å². The van der Waals surface area contributed by atoms with Crippen molar-refractivity contribution < 1.29 is 9.53 Å². The van der Waals surface area contributed by atoms with Crippen LogP contribution in [0, 0.1) is 13.8 Å². The Morgan fingerprint density at radius 2 is 1.87 bits per heavy atom. The predicted molar refractivity (Wildman–Crippen MR) is 92.7 cm³/mol. The number of halogens is 1. The standard InChI is InChI=1S/C19H16ClNO2/c1-11-4-5-13(8-12(11)2)19(22)16-10-21-17-7-6-14(23-3)9-15(17)18(16)20/h4-10H,1-3H3. The number of carbonyl (C=O) groups excluding carboxylic acids is 1. The first-order valence-corrected chi connectivity index (χ1v) is 7.63. The maximum absolute atomic E-state index is 12.8. The monoisotopic (exact) mass is 325 g/mol. The van der Waals surface area contributed by atoms with E-state index >= 15 is 0 Å². The zero-order valence-corrected chi connectivity index (χ0v) is 13.9. The van der Waals surface area contributed by atoms with Gasteiger partial charge in [-0.25, -0.2) is 0 Å². The Balaban J connectivity index is 2.13.